The Hall–Kier alpha value is -1.32. The van der Waals surface area contributed by atoms with Gasteiger partial charge in [0.2, 0.25) is 0 Å². The molecule has 0 spiro atoms. The van der Waals surface area contributed by atoms with Gasteiger partial charge in [0.25, 0.3) is 0 Å². The Morgan fingerprint density at radius 1 is 1.05 bits per heavy atom. The van der Waals surface area contributed by atoms with Crippen LogP contribution in [-0.2, 0) is 19.1 Å². The van der Waals surface area contributed by atoms with Gasteiger partial charge in [-0.25, -0.2) is 0 Å². The molecule has 1 atom stereocenters. The first kappa shape index (κ1) is 18.7. The second kappa shape index (κ2) is 11.5. The first-order valence-electron chi connectivity index (χ1n) is 7.51. The molecule has 0 radical (unpaired) electrons. The number of rotatable bonds is 10. The van der Waals surface area contributed by atoms with E-state index >= 15 is 0 Å². The van der Waals surface area contributed by atoms with Gasteiger partial charge in [-0.3, -0.25) is 9.59 Å². The molecule has 0 heterocycles. The third kappa shape index (κ3) is 9.59. The minimum Gasteiger partial charge on any atom is -0.465 e. The molecule has 0 saturated heterocycles. The average molecular weight is 284 g/mol. The fraction of sp³-hybridized carbons (Fsp3) is 0.750. The molecule has 0 aromatic rings. The van der Waals surface area contributed by atoms with Gasteiger partial charge in [0.1, 0.15) is 6.10 Å². The summed E-state index contributed by atoms with van der Waals surface area (Å²) in [5, 5.41) is 0. The van der Waals surface area contributed by atoms with Crippen LogP contribution in [0.2, 0.25) is 0 Å². The third-order valence-corrected chi connectivity index (χ3v) is 2.91. The molecular formula is C16H28O4. The molecule has 0 saturated carbocycles. The number of carbonyl (C=O) groups is 2. The molecule has 0 aromatic carbocycles. The van der Waals surface area contributed by atoms with Gasteiger partial charge in [0.05, 0.1) is 19.4 Å². The zero-order valence-electron chi connectivity index (χ0n) is 13.2. The molecular weight excluding hydrogens is 256 g/mol. The van der Waals surface area contributed by atoms with Crippen LogP contribution in [0.4, 0.5) is 0 Å². The van der Waals surface area contributed by atoms with Crippen LogP contribution >= 0.6 is 0 Å². The van der Waals surface area contributed by atoms with Crippen molar-refractivity contribution in [3.8, 4) is 0 Å². The van der Waals surface area contributed by atoms with E-state index in [0.29, 0.717) is 12.5 Å². The van der Waals surface area contributed by atoms with Crippen LogP contribution in [0.25, 0.3) is 0 Å². The zero-order valence-corrected chi connectivity index (χ0v) is 13.2. The summed E-state index contributed by atoms with van der Waals surface area (Å²) in [6.45, 7) is 8.43. The SMILES string of the molecule is CC/C=C/CCOC(=O)CCC(=O)OC(CC)C(C)C. The summed E-state index contributed by atoms with van der Waals surface area (Å²) in [7, 11) is 0. The molecule has 4 nitrogen and oxygen atoms in total. The van der Waals surface area contributed by atoms with Crippen molar-refractivity contribution in [2.75, 3.05) is 6.61 Å². The van der Waals surface area contributed by atoms with Crippen molar-refractivity contribution in [2.45, 2.75) is 65.9 Å². The van der Waals surface area contributed by atoms with Crippen LogP contribution in [0.15, 0.2) is 12.2 Å². The van der Waals surface area contributed by atoms with E-state index < -0.39 is 0 Å². The molecule has 0 amide bonds. The smallest absolute Gasteiger partial charge is 0.306 e. The molecule has 20 heavy (non-hydrogen) atoms. The summed E-state index contributed by atoms with van der Waals surface area (Å²) < 4.78 is 10.3. The molecule has 0 aromatic heterocycles. The van der Waals surface area contributed by atoms with E-state index in [9.17, 15) is 9.59 Å². The van der Waals surface area contributed by atoms with Crippen molar-refractivity contribution in [3.63, 3.8) is 0 Å². The van der Waals surface area contributed by atoms with Gasteiger partial charge in [-0.15, -0.1) is 0 Å². The summed E-state index contributed by atoms with van der Waals surface area (Å²) in [6, 6.07) is 0. The van der Waals surface area contributed by atoms with Crippen LogP contribution in [0.3, 0.4) is 0 Å². The summed E-state index contributed by atoms with van der Waals surface area (Å²) in [5.74, 6) is -0.376. The van der Waals surface area contributed by atoms with E-state index in [1.807, 2.05) is 32.9 Å². The Bertz CT molecular complexity index is 308. The Morgan fingerprint density at radius 3 is 2.25 bits per heavy atom. The quantitative estimate of drug-likeness (QED) is 0.349. The van der Waals surface area contributed by atoms with Gasteiger partial charge in [-0.2, -0.15) is 0 Å². The predicted molar refractivity (Wildman–Crippen MR) is 79.3 cm³/mol. The third-order valence-electron chi connectivity index (χ3n) is 2.91. The first-order chi connectivity index (χ1) is 9.51. The Balaban J connectivity index is 3.78. The maximum absolute atomic E-state index is 11.6. The van der Waals surface area contributed by atoms with E-state index in [4.69, 9.17) is 9.47 Å². The van der Waals surface area contributed by atoms with E-state index in [0.717, 1.165) is 19.3 Å². The van der Waals surface area contributed by atoms with Crippen LogP contribution in [-0.4, -0.2) is 24.6 Å². The fourth-order valence-corrected chi connectivity index (χ4v) is 1.72. The second-order valence-corrected chi connectivity index (χ2v) is 5.07. The van der Waals surface area contributed by atoms with Gasteiger partial charge >= 0.3 is 11.9 Å². The Labute approximate surface area is 122 Å². The van der Waals surface area contributed by atoms with E-state index in [1.54, 1.807) is 0 Å². The molecule has 0 fully saturated rings. The predicted octanol–water partition coefficient (Wildman–Crippen LogP) is 3.64. The van der Waals surface area contributed by atoms with Gasteiger partial charge in [0.15, 0.2) is 0 Å². The summed E-state index contributed by atoms with van der Waals surface area (Å²) in [6.07, 6.45) is 6.61. The minimum atomic E-state index is -0.343. The molecule has 0 aliphatic rings. The lowest BCUT2D eigenvalue weighted by Gasteiger charge is -2.19. The highest BCUT2D eigenvalue weighted by molar-refractivity contribution is 5.77. The van der Waals surface area contributed by atoms with E-state index in [-0.39, 0.29) is 30.9 Å². The highest BCUT2D eigenvalue weighted by atomic mass is 16.5. The van der Waals surface area contributed by atoms with Crippen LogP contribution < -0.4 is 0 Å². The summed E-state index contributed by atoms with van der Waals surface area (Å²) in [4.78, 5) is 23.0. The number of ether oxygens (including phenoxy) is 2. The van der Waals surface area contributed by atoms with Crippen molar-refractivity contribution >= 4 is 11.9 Å². The average Bonchev–Trinajstić information content (AvgIpc) is 2.41. The highest BCUT2D eigenvalue weighted by Crippen LogP contribution is 2.12. The monoisotopic (exact) mass is 284 g/mol. The van der Waals surface area contributed by atoms with Crippen molar-refractivity contribution in [1.29, 1.82) is 0 Å². The number of esters is 2. The lowest BCUT2D eigenvalue weighted by molar-refractivity contribution is -0.155. The van der Waals surface area contributed by atoms with Gasteiger partial charge in [-0.1, -0.05) is 39.8 Å². The summed E-state index contributed by atoms with van der Waals surface area (Å²) in [5.41, 5.74) is 0. The number of allylic oxidation sites excluding steroid dienone is 1. The van der Waals surface area contributed by atoms with Gasteiger partial charge in [-0.05, 0) is 25.2 Å². The number of hydrogen-bond donors (Lipinski definition) is 0. The lowest BCUT2D eigenvalue weighted by Crippen LogP contribution is -2.23. The maximum atomic E-state index is 11.6. The normalized spacial score (nSPS) is 12.7. The molecule has 0 rings (SSSR count). The molecule has 1 unspecified atom stereocenters. The molecule has 116 valence electrons. The summed E-state index contributed by atoms with van der Waals surface area (Å²) >= 11 is 0. The largest absolute Gasteiger partial charge is 0.465 e. The molecule has 0 aliphatic heterocycles. The lowest BCUT2D eigenvalue weighted by atomic mass is 10.1. The number of hydrogen-bond acceptors (Lipinski definition) is 4. The van der Waals surface area contributed by atoms with Crippen LogP contribution in [0, 0.1) is 5.92 Å². The minimum absolute atomic E-state index is 0.0716. The van der Waals surface area contributed by atoms with Crippen molar-refractivity contribution in [1.82, 2.24) is 0 Å². The van der Waals surface area contributed by atoms with Gasteiger partial charge < -0.3 is 9.47 Å². The highest BCUT2D eigenvalue weighted by Gasteiger charge is 2.17. The standard InChI is InChI=1S/C16H28O4/c1-5-7-8-9-12-19-15(17)10-11-16(18)20-14(6-2)13(3)4/h7-8,13-14H,5-6,9-12H2,1-4H3/b8-7+. The van der Waals surface area contributed by atoms with Crippen molar-refractivity contribution < 1.29 is 19.1 Å². The Morgan fingerprint density at radius 2 is 1.70 bits per heavy atom. The van der Waals surface area contributed by atoms with Crippen molar-refractivity contribution in [2.24, 2.45) is 5.92 Å². The van der Waals surface area contributed by atoms with E-state index in [2.05, 4.69) is 6.92 Å². The van der Waals surface area contributed by atoms with Gasteiger partial charge in [0, 0.05) is 0 Å². The molecule has 4 heteroatoms. The molecule has 0 bridgehead atoms. The van der Waals surface area contributed by atoms with E-state index in [1.165, 1.54) is 0 Å². The molecule has 0 N–H and O–H groups in total. The topological polar surface area (TPSA) is 52.6 Å². The van der Waals surface area contributed by atoms with Crippen molar-refractivity contribution in [3.05, 3.63) is 12.2 Å². The molecule has 0 aliphatic carbocycles. The number of carbonyl (C=O) groups excluding carboxylic acids is 2. The second-order valence-electron chi connectivity index (χ2n) is 5.07. The Kier molecular flexibility index (Phi) is 10.7. The van der Waals surface area contributed by atoms with Crippen LogP contribution in [0.1, 0.15) is 59.8 Å². The first-order valence-corrected chi connectivity index (χ1v) is 7.51. The maximum Gasteiger partial charge on any atom is 0.306 e. The zero-order chi connectivity index (χ0) is 15.4. The fourth-order valence-electron chi connectivity index (χ4n) is 1.72. The van der Waals surface area contributed by atoms with Crippen LogP contribution in [0.5, 0.6) is 0 Å².